The molecule has 1 saturated heterocycles. The van der Waals surface area contributed by atoms with Gasteiger partial charge in [-0.15, -0.1) is 0 Å². The standard InChI is InChI=1S/C55H91N9O15/c1-15-34(6)47(63(11)52(71)45(32(2)3)61-51(70)46(33(4)5)62(9)10)41(76-12)31-44(67)64-27-19-23-40(64)48(77-13)35(7)49(68)60-38(29-37-21-17-16-18-22-37)50(69)56-25-20-28-79-54(74)36(8)58-43(66)30-39(53(72)73)59-42(65)24-26-57-55(75)78-14/h16-18,21-22,32-36,38-41,45-48H,15,19-20,23-31H2,1-14H3,(H,56,69)(H,57,75)(H,58,66)(H,59,65)(H,60,68)(H,61,70)(H,72,73)/t34-,35+,36-,38-,39-,40-,41+,45-,46-,47-,48+/m0/s1. The van der Waals surface area contributed by atoms with Crippen LogP contribution in [0.3, 0.4) is 0 Å². The molecule has 446 valence electrons. The number of benzene rings is 1. The fraction of sp³-hybridized carbons (Fsp3) is 0.709. The predicted molar refractivity (Wildman–Crippen MR) is 293 cm³/mol. The number of likely N-dealkylation sites (tertiary alicyclic amines) is 1. The number of alkyl carbamates (subject to hydrolysis) is 1. The molecule has 1 aromatic rings. The molecule has 0 unspecified atom stereocenters. The van der Waals surface area contributed by atoms with Gasteiger partial charge in [-0.1, -0.05) is 85.2 Å². The molecule has 79 heavy (non-hydrogen) atoms. The maximum atomic E-state index is 14.5. The van der Waals surface area contributed by atoms with Crippen LogP contribution in [-0.4, -0.2) is 202 Å². The molecule has 2 rings (SSSR count). The van der Waals surface area contributed by atoms with Gasteiger partial charge in [0.2, 0.25) is 41.4 Å². The molecular weight excluding hydrogens is 1030 g/mol. The summed E-state index contributed by atoms with van der Waals surface area (Å²) < 4.78 is 21.7. The van der Waals surface area contributed by atoms with Crippen LogP contribution in [-0.2, 0) is 68.5 Å². The average Bonchev–Trinajstić information content (AvgIpc) is 3.92. The Morgan fingerprint density at radius 3 is 1.96 bits per heavy atom. The lowest BCUT2D eigenvalue weighted by atomic mass is 9.89. The highest BCUT2D eigenvalue weighted by molar-refractivity contribution is 5.92. The van der Waals surface area contributed by atoms with Crippen LogP contribution >= 0.6 is 0 Å². The molecule has 0 spiro atoms. The number of carbonyl (C=O) groups is 10. The first-order valence-electron chi connectivity index (χ1n) is 27.2. The molecule has 24 heteroatoms. The molecule has 0 aliphatic carbocycles. The first-order valence-corrected chi connectivity index (χ1v) is 27.2. The number of methoxy groups -OCH3 is 3. The Bertz CT molecular complexity index is 2160. The van der Waals surface area contributed by atoms with Crippen molar-refractivity contribution in [3.63, 3.8) is 0 Å². The van der Waals surface area contributed by atoms with Gasteiger partial charge in [-0.25, -0.2) is 14.4 Å². The van der Waals surface area contributed by atoms with E-state index in [0.717, 1.165) is 12.7 Å². The molecule has 0 aromatic heterocycles. The number of nitrogens with zero attached hydrogens (tertiary/aromatic N) is 3. The maximum Gasteiger partial charge on any atom is 0.406 e. The monoisotopic (exact) mass is 1120 g/mol. The van der Waals surface area contributed by atoms with Crippen LogP contribution in [0.4, 0.5) is 4.79 Å². The van der Waals surface area contributed by atoms with E-state index in [4.69, 9.17) is 14.2 Å². The Labute approximate surface area is 466 Å². The highest BCUT2D eigenvalue weighted by Crippen LogP contribution is 2.30. The number of carbonyl (C=O) groups excluding carboxylic acids is 9. The molecule has 0 bridgehead atoms. The lowest BCUT2D eigenvalue weighted by molar-refractivity contribution is -0.148. The van der Waals surface area contributed by atoms with Crippen molar-refractivity contribution >= 4 is 59.4 Å². The molecule has 0 saturated carbocycles. The SMILES string of the molecule is CC[C@H](C)[C@@H]([C@@H](CC(=O)N1CCC[C@H]1[C@H](OC)[C@@H](C)C(=O)N[C@@H](Cc1ccccc1)C(=O)NCCCOC(=O)[C@H](C)NC(=O)C[C@H](NC(=O)CCNC(=O)OC)C(=O)O)OC)N(C)C(=O)[C@@H](NC(=O)[C@H](C(C)C)N(C)C)C(C)C. The highest BCUT2D eigenvalue weighted by Gasteiger charge is 2.44. The number of nitrogens with one attached hydrogen (secondary N) is 6. The molecule has 1 aromatic carbocycles. The number of hydrogen-bond donors (Lipinski definition) is 7. The van der Waals surface area contributed by atoms with Gasteiger partial charge in [-0.05, 0) is 63.6 Å². The van der Waals surface area contributed by atoms with Crippen LogP contribution in [0.15, 0.2) is 30.3 Å². The van der Waals surface area contributed by atoms with Crippen molar-refractivity contribution in [2.24, 2.45) is 23.7 Å². The smallest absolute Gasteiger partial charge is 0.406 e. The van der Waals surface area contributed by atoms with Gasteiger partial charge >= 0.3 is 18.0 Å². The van der Waals surface area contributed by atoms with Crippen molar-refractivity contribution < 1.29 is 72.0 Å². The first kappa shape index (κ1) is 68.7. The van der Waals surface area contributed by atoms with Crippen molar-refractivity contribution in [1.29, 1.82) is 0 Å². The Balaban J connectivity index is 2.13. The van der Waals surface area contributed by atoms with Crippen molar-refractivity contribution in [3.05, 3.63) is 35.9 Å². The normalized spacial score (nSPS) is 17.1. The Hall–Kier alpha value is -6.40. The summed E-state index contributed by atoms with van der Waals surface area (Å²) in [5.74, 6) is -6.89. The summed E-state index contributed by atoms with van der Waals surface area (Å²) >= 11 is 0. The number of ether oxygens (including phenoxy) is 4. The highest BCUT2D eigenvalue weighted by atomic mass is 16.5. The van der Waals surface area contributed by atoms with Crippen LogP contribution in [0.1, 0.15) is 106 Å². The zero-order valence-corrected chi connectivity index (χ0v) is 48.9. The van der Waals surface area contributed by atoms with Crippen molar-refractivity contribution in [2.45, 2.75) is 161 Å². The summed E-state index contributed by atoms with van der Waals surface area (Å²) in [5.41, 5.74) is 0.769. The minimum atomic E-state index is -1.62. The molecule has 0 radical (unpaired) electrons. The van der Waals surface area contributed by atoms with E-state index >= 15 is 0 Å². The van der Waals surface area contributed by atoms with Crippen molar-refractivity contribution in [2.75, 3.05) is 68.7 Å². The van der Waals surface area contributed by atoms with Crippen molar-refractivity contribution in [1.82, 2.24) is 46.6 Å². The fourth-order valence-corrected chi connectivity index (χ4v) is 9.84. The Morgan fingerprint density at radius 2 is 1.41 bits per heavy atom. The summed E-state index contributed by atoms with van der Waals surface area (Å²) in [6, 6.07) is 2.90. The van der Waals surface area contributed by atoms with E-state index in [-0.39, 0.29) is 80.9 Å². The second-order valence-corrected chi connectivity index (χ2v) is 21.2. The number of esters is 1. The average molecular weight is 1120 g/mol. The summed E-state index contributed by atoms with van der Waals surface area (Å²) in [6.07, 6.45) is -1.18. The Kier molecular flexibility index (Phi) is 30.1. The quantitative estimate of drug-likeness (QED) is 0.0381. The molecule has 7 N–H and O–H groups in total. The van der Waals surface area contributed by atoms with Crippen LogP contribution in [0.25, 0.3) is 0 Å². The molecule has 1 aliphatic rings. The summed E-state index contributed by atoms with van der Waals surface area (Å²) in [7, 11) is 9.47. The van der Waals surface area contributed by atoms with Gasteiger partial charge in [-0.3, -0.25) is 38.5 Å². The summed E-state index contributed by atoms with van der Waals surface area (Å²) in [4.78, 5) is 136. The van der Waals surface area contributed by atoms with Gasteiger partial charge in [0.25, 0.3) is 0 Å². The number of amides is 8. The maximum absolute atomic E-state index is 14.5. The van der Waals surface area contributed by atoms with E-state index < -0.39 is 109 Å². The van der Waals surface area contributed by atoms with Crippen LogP contribution < -0.4 is 31.9 Å². The lowest BCUT2D eigenvalue weighted by Crippen LogP contribution is -2.59. The van der Waals surface area contributed by atoms with Crippen LogP contribution in [0, 0.1) is 23.7 Å². The molecule has 1 aliphatic heterocycles. The van der Waals surface area contributed by atoms with Gasteiger partial charge in [0, 0.05) is 53.7 Å². The molecule has 1 heterocycles. The van der Waals surface area contributed by atoms with Crippen LogP contribution in [0.5, 0.6) is 0 Å². The number of likely N-dealkylation sites (N-methyl/N-ethyl adjacent to an activating group) is 2. The van der Waals surface area contributed by atoms with Crippen molar-refractivity contribution in [3.8, 4) is 0 Å². The molecule has 24 nitrogen and oxygen atoms in total. The minimum Gasteiger partial charge on any atom is -0.480 e. The van der Waals surface area contributed by atoms with E-state index in [1.807, 2.05) is 90.9 Å². The zero-order valence-electron chi connectivity index (χ0n) is 48.9. The summed E-state index contributed by atoms with van der Waals surface area (Å²) in [6.45, 7) is 14.8. The van der Waals surface area contributed by atoms with E-state index in [1.165, 1.54) is 21.1 Å². The molecule has 8 amide bonds. The summed E-state index contributed by atoms with van der Waals surface area (Å²) in [5, 5.41) is 25.0. The van der Waals surface area contributed by atoms with Crippen LogP contribution in [0.2, 0.25) is 0 Å². The predicted octanol–water partition coefficient (Wildman–Crippen LogP) is 1.62. The first-order chi connectivity index (χ1) is 37.2. The van der Waals surface area contributed by atoms with Gasteiger partial charge < -0.3 is 65.8 Å². The van der Waals surface area contributed by atoms with E-state index in [0.29, 0.717) is 25.8 Å². The van der Waals surface area contributed by atoms with Gasteiger partial charge in [0.1, 0.15) is 24.2 Å². The second-order valence-electron chi connectivity index (χ2n) is 21.2. The number of aliphatic carboxylic acids is 1. The minimum absolute atomic E-state index is 0.00436. The van der Waals surface area contributed by atoms with Gasteiger partial charge in [-0.2, -0.15) is 0 Å². The number of hydrogen-bond acceptors (Lipinski definition) is 15. The molecule has 11 atom stereocenters. The Morgan fingerprint density at radius 1 is 0.747 bits per heavy atom. The fourth-order valence-electron chi connectivity index (χ4n) is 9.84. The second kappa shape index (κ2) is 34.6. The zero-order chi connectivity index (χ0) is 59.7. The number of carboxylic acids is 1. The third-order valence-corrected chi connectivity index (χ3v) is 14.3. The largest absolute Gasteiger partial charge is 0.480 e. The van der Waals surface area contributed by atoms with E-state index in [9.17, 15) is 53.1 Å². The molecule has 1 fully saturated rings. The molecular formula is C55H91N9O15. The number of rotatable bonds is 34. The van der Waals surface area contributed by atoms with E-state index in [1.54, 1.807) is 23.8 Å². The van der Waals surface area contributed by atoms with Gasteiger partial charge in [0.05, 0.1) is 62.8 Å². The topological polar surface area (TPSA) is 310 Å². The van der Waals surface area contributed by atoms with Gasteiger partial charge in [0.15, 0.2) is 0 Å². The third kappa shape index (κ3) is 22.0. The van der Waals surface area contributed by atoms with E-state index in [2.05, 4.69) is 36.6 Å². The lowest BCUT2D eigenvalue weighted by Gasteiger charge is -2.41. The third-order valence-electron chi connectivity index (χ3n) is 14.3. The number of carboxylic acid groups (broad SMARTS) is 1.